The maximum absolute atomic E-state index is 12.3. The molecule has 6 nitrogen and oxygen atoms in total. The molecule has 1 heterocycles. The van der Waals surface area contributed by atoms with E-state index < -0.39 is 17.6 Å². The molecule has 0 radical (unpaired) electrons. The first-order valence-electron chi connectivity index (χ1n) is 7.99. The van der Waals surface area contributed by atoms with E-state index in [-0.39, 0.29) is 0 Å². The molecule has 0 spiro atoms. The van der Waals surface area contributed by atoms with Crippen molar-refractivity contribution < 1.29 is 19.1 Å². The van der Waals surface area contributed by atoms with E-state index in [9.17, 15) is 14.9 Å². The number of thiophene rings is 1. The van der Waals surface area contributed by atoms with Crippen molar-refractivity contribution in [1.29, 1.82) is 5.26 Å². The molecule has 0 saturated heterocycles. The molecule has 1 unspecified atom stereocenters. The molecule has 1 N–H and O–H groups in total. The molecule has 0 bridgehead atoms. The lowest BCUT2D eigenvalue weighted by Gasteiger charge is -2.11. The van der Waals surface area contributed by atoms with Crippen LogP contribution in [0, 0.1) is 24.2 Å². The summed E-state index contributed by atoms with van der Waals surface area (Å²) in [5.41, 5.74) is 0.941. The number of aryl methyl sites for hydroxylation is 1. The number of Topliss-reactive ketones (excluding diaryl/α,β-unsaturated/α-hetero) is 1. The van der Waals surface area contributed by atoms with E-state index in [0.717, 1.165) is 10.4 Å². The van der Waals surface area contributed by atoms with Gasteiger partial charge in [-0.1, -0.05) is 6.07 Å². The Bertz CT molecular complexity index is 838. The van der Waals surface area contributed by atoms with E-state index in [4.69, 9.17) is 9.47 Å². The highest BCUT2D eigenvalue weighted by atomic mass is 32.1. The molecule has 0 aliphatic carbocycles. The van der Waals surface area contributed by atoms with Crippen LogP contribution in [0.15, 0.2) is 30.3 Å². The van der Waals surface area contributed by atoms with E-state index in [2.05, 4.69) is 5.32 Å². The number of methoxy groups -OCH3 is 2. The van der Waals surface area contributed by atoms with E-state index >= 15 is 0 Å². The highest BCUT2D eigenvalue weighted by molar-refractivity contribution is 7.14. The number of carbonyl (C=O) groups excluding carboxylic acids is 2. The molecule has 1 amide bonds. The van der Waals surface area contributed by atoms with E-state index in [0.29, 0.717) is 29.3 Å². The number of nitrogens with zero attached hydrogens (tertiary/aromatic N) is 1. The quantitative estimate of drug-likeness (QED) is 0.569. The van der Waals surface area contributed by atoms with Gasteiger partial charge in [-0.3, -0.25) is 9.59 Å². The average Bonchev–Trinajstić information content (AvgIpc) is 3.08. The number of nitriles is 1. The fourth-order valence-corrected chi connectivity index (χ4v) is 3.25. The molecule has 1 atom stereocenters. The van der Waals surface area contributed by atoms with E-state index in [1.54, 1.807) is 38.5 Å². The van der Waals surface area contributed by atoms with Gasteiger partial charge in [0.25, 0.3) is 0 Å². The summed E-state index contributed by atoms with van der Waals surface area (Å²) in [6.45, 7) is 2.18. The summed E-state index contributed by atoms with van der Waals surface area (Å²) in [7, 11) is 3.12. The summed E-state index contributed by atoms with van der Waals surface area (Å²) in [5, 5.41) is 11.9. The van der Waals surface area contributed by atoms with Gasteiger partial charge in [0, 0.05) is 11.4 Å². The Balaban J connectivity index is 1.95. The zero-order valence-electron chi connectivity index (χ0n) is 14.9. The number of hydrogen-bond acceptors (Lipinski definition) is 6. The zero-order valence-corrected chi connectivity index (χ0v) is 15.7. The number of rotatable bonds is 8. The lowest BCUT2D eigenvalue weighted by molar-refractivity contribution is -0.122. The summed E-state index contributed by atoms with van der Waals surface area (Å²) in [6.07, 6.45) is 0.538. The van der Waals surface area contributed by atoms with Crippen LogP contribution in [0.2, 0.25) is 0 Å². The molecule has 0 fully saturated rings. The Labute approximate surface area is 156 Å². The molecule has 2 aromatic rings. The van der Waals surface area contributed by atoms with Gasteiger partial charge in [-0.2, -0.15) is 5.26 Å². The van der Waals surface area contributed by atoms with Crippen LogP contribution in [0.4, 0.5) is 0 Å². The molecule has 1 aromatic heterocycles. The van der Waals surface area contributed by atoms with Gasteiger partial charge in [0.1, 0.15) is 0 Å². The van der Waals surface area contributed by atoms with Crippen molar-refractivity contribution in [2.75, 3.05) is 20.8 Å². The third-order valence-electron chi connectivity index (χ3n) is 3.80. The minimum Gasteiger partial charge on any atom is -0.493 e. The van der Waals surface area contributed by atoms with E-state index in [1.807, 2.05) is 19.1 Å². The van der Waals surface area contributed by atoms with Gasteiger partial charge in [-0.15, -0.1) is 11.3 Å². The van der Waals surface area contributed by atoms with Crippen LogP contribution in [-0.2, 0) is 11.2 Å². The van der Waals surface area contributed by atoms with Gasteiger partial charge in [0.15, 0.2) is 23.2 Å². The first-order chi connectivity index (χ1) is 12.5. The number of hydrogen-bond donors (Lipinski definition) is 1. The molecule has 0 aliphatic rings. The molecule has 7 heteroatoms. The molecule has 1 aromatic carbocycles. The molecule has 136 valence electrons. The Morgan fingerprint density at radius 3 is 2.50 bits per heavy atom. The van der Waals surface area contributed by atoms with Crippen molar-refractivity contribution in [1.82, 2.24) is 5.32 Å². The van der Waals surface area contributed by atoms with Gasteiger partial charge < -0.3 is 14.8 Å². The summed E-state index contributed by atoms with van der Waals surface area (Å²) < 4.78 is 10.4. The Hall–Kier alpha value is -2.85. The van der Waals surface area contributed by atoms with Crippen LogP contribution in [0.3, 0.4) is 0 Å². The van der Waals surface area contributed by atoms with Crippen molar-refractivity contribution in [3.63, 3.8) is 0 Å². The van der Waals surface area contributed by atoms with Crippen molar-refractivity contribution in [2.24, 2.45) is 5.92 Å². The lowest BCUT2D eigenvalue weighted by atomic mass is 10.0. The molecule has 26 heavy (non-hydrogen) atoms. The Morgan fingerprint density at radius 2 is 1.92 bits per heavy atom. The fourth-order valence-electron chi connectivity index (χ4n) is 2.41. The SMILES string of the molecule is COc1ccc(CCNC(=O)C(C#N)C(=O)c2ccc(C)s2)cc1OC. The first kappa shape index (κ1) is 19.5. The summed E-state index contributed by atoms with van der Waals surface area (Å²) in [4.78, 5) is 25.9. The summed E-state index contributed by atoms with van der Waals surface area (Å²) in [5.74, 6) is -1.15. The number of ketones is 1. The number of ether oxygens (including phenoxy) is 2. The van der Waals surface area contributed by atoms with Crippen molar-refractivity contribution in [3.8, 4) is 17.6 Å². The van der Waals surface area contributed by atoms with Crippen LogP contribution >= 0.6 is 11.3 Å². The summed E-state index contributed by atoms with van der Waals surface area (Å²) in [6, 6.07) is 10.7. The largest absolute Gasteiger partial charge is 0.493 e. The second kappa shape index (κ2) is 9.02. The van der Waals surface area contributed by atoms with Gasteiger partial charge in [0.2, 0.25) is 5.91 Å². The maximum atomic E-state index is 12.3. The Kier molecular flexibility index (Phi) is 6.75. The molecular weight excluding hydrogens is 352 g/mol. The topological polar surface area (TPSA) is 88.4 Å². The van der Waals surface area contributed by atoms with E-state index in [1.165, 1.54) is 11.3 Å². The third-order valence-corrected chi connectivity index (χ3v) is 4.81. The van der Waals surface area contributed by atoms with Crippen LogP contribution in [0.25, 0.3) is 0 Å². The van der Waals surface area contributed by atoms with Gasteiger partial charge in [-0.05, 0) is 43.2 Å². The predicted octanol–water partition coefficient (Wildman–Crippen LogP) is 2.76. The Morgan fingerprint density at radius 1 is 1.19 bits per heavy atom. The lowest BCUT2D eigenvalue weighted by Crippen LogP contribution is -2.35. The van der Waals surface area contributed by atoms with Crippen molar-refractivity contribution in [2.45, 2.75) is 13.3 Å². The summed E-state index contributed by atoms with van der Waals surface area (Å²) >= 11 is 1.28. The fraction of sp³-hybridized carbons (Fsp3) is 0.316. The smallest absolute Gasteiger partial charge is 0.245 e. The van der Waals surface area contributed by atoms with Gasteiger partial charge in [-0.25, -0.2) is 0 Å². The van der Waals surface area contributed by atoms with Crippen LogP contribution in [0.5, 0.6) is 11.5 Å². The maximum Gasteiger partial charge on any atom is 0.245 e. The molecule has 0 aliphatic heterocycles. The standard InChI is InChI=1S/C19H20N2O4S/c1-12-4-7-17(26-12)18(22)14(11-20)19(23)21-9-8-13-5-6-15(24-2)16(10-13)25-3/h4-7,10,14H,8-9H2,1-3H3,(H,21,23). The number of amides is 1. The molecule has 0 saturated carbocycles. The predicted molar refractivity (Wildman–Crippen MR) is 98.7 cm³/mol. The normalized spacial score (nSPS) is 11.3. The number of benzene rings is 1. The van der Waals surface area contributed by atoms with Gasteiger partial charge >= 0.3 is 0 Å². The van der Waals surface area contributed by atoms with Crippen molar-refractivity contribution >= 4 is 23.0 Å². The molecule has 2 rings (SSSR count). The number of nitrogens with one attached hydrogen (secondary N) is 1. The van der Waals surface area contributed by atoms with Gasteiger partial charge in [0.05, 0.1) is 25.2 Å². The zero-order chi connectivity index (χ0) is 19.1. The minimum absolute atomic E-state index is 0.309. The van der Waals surface area contributed by atoms with Crippen molar-refractivity contribution in [3.05, 3.63) is 45.6 Å². The minimum atomic E-state index is -1.33. The van der Waals surface area contributed by atoms with Crippen LogP contribution in [0.1, 0.15) is 20.1 Å². The van der Waals surface area contributed by atoms with Crippen LogP contribution in [-0.4, -0.2) is 32.5 Å². The number of carbonyl (C=O) groups is 2. The highest BCUT2D eigenvalue weighted by Crippen LogP contribution is 2.27. The highest BCUT2D eigenvalue weighted by Gasteiger charge is 2.28. The van der Waals surface area contributed by atoms with Crippen LogP contribution < -0.4 is 14.8 Å². The second-order valence-electron chi connectivity index (χ2n) is 5.57. The molecular formula is C19H20N2O4S. The first-order valence-corrected chi connectivity index (χ1v) is 8.80. The monoisotopic (exact) mass is 372 g/mol. The average molecular weight is 372 g/mol. The third kappa shape index (κ3) is 4.61. The second-order valence-corrected chi connectivity index (χ2v) is 6.85.